The molecule has 0 unspecified atom stereocenters. The van der Waals surface area contributed by atoms with Gasteiger partial charge in [0, 0.05) is 26.3 Å². The molecule has 1 N–H and O–H groups in total. The predicted molar refractivity (Wildman–Crippen MR) is 59.6 cm³/mol. The molecule has 0 bridgehead atoms. The third kappa shape index (κ3) is 2.79. The van der Waals surface area contributed by atoms with E-state index in [4.69, 9.17) is 5.11 Å². The zero-order chi connectivity index (χ0) is 11.4. The van der Waals surface area contributed by atoms with E-state index in [-0.39, 0.29) is 12.5 Å². The van der Waals surface area contributed by atoms with Crippen LogP contribution in [0.1, 0.15) is 17.4 Å². The van der Waals surface area contributed by atoms with Crippen LogP contribution in [0.2, 0.25) is 0 Å². The first kappa shape index (κ1) is 12.2. The Morgan fingerprint density at radius 3 is 2.87 bits per heavy atom. The highest BCUT2D eigenvalue weighted by atomic mass is 79.9. The minimum atomic E-state index is -0.192. The maximum atomic E-state index is 11.8. The topological polar surface area (TPSA) is 58.4 Å². The molecule has 0 spiro atoms. The number of carbonyl (C=O) groups excluding carboxylic acids is 1. The van der Waals surface area contributed by atoms with Crippen molar-refractivity contribution in [1.82, 2.24) is 14.7 Å². The Morgan fingerprint density at radius 2 is 2.40 bits per heavy atom. The van der Waals surface area contributed by atoms with Gasteiger partial charge in [-0.05, 0) is 22.9 Å². The van der Waals surface area contributed by atoms with E-state index in [1.165, 1.54) is 4.90 Å². The van der Waals surface area contributed by atoms with Gasteiger partial charge in [-0.25, -0.2) is 0 Å². The number of hydrogen-bond donors (Lipinski definition) is 1. The van der Waals surface area contributed by atoms with Crippen LogP contribution in [0.25, 0.3) is 0 Å². The first-order valence-electron chi connectivity index (χ1n) is 4.69. The molecule has 0 saturated heterocycles. The maximum Gasteiger partial charge on any atom is 0.275 e. The Balaban J connectivity index is 2.85. The number of aryl methyl sites for hydroxylation is 1. The minimum absolute atomic E-state index is 0.0473. The quantitative estimate of drug-likeness (QED) is 0.882. The molecule has 0 aliphatic rings. The Kier molecular flexibility index (Phi) is 4.28. The smallest absolute Gasteiger partial charge is 0.275 e. The third-order valence-electron chi connectivity index (χ3n) is 2.03. The molecule has 0 fully saturated rings. The summed E-state index contributed by atoms with van der Waals surface area (Å²) in [6, 6.07) is 0. The number of halogens is 1. The molecule has 1 heterocycles. The summed E-state index contributed by atoms with van der Waals surface area (Å²) in [4.78, 5) is 13.2. The molecule has 6 heteroatoms. The highest BCUT2D eigenvalue weighted by Gasteiger charge is 2.18. The van der Waals surface area contributed by atoms with Crippen LogP contribution >= 0.6 is 15.9 Å². The highest BCUT2D eigenvalue weighted by molar-refractivity contribution is 9.10. The monoisotopic (exact) mass is 275 g/mol. The average molecular weight is 276 g/mol. The summed E-state index contributed by atoms with van der Waals surface area (Å²) in [6.45, 7) is 2.93. The lowest BCUT2D eigenvalue weighted by Crippen LogP contribution is -2.30. The highest BCUT2D eigenvalue weighted by Crippen LogP contribution is 2.16. The number of aliphatic hydroxyl groups excluding tert-OH is 1. The van der Waals surface area contributed by atoms with E-state index >= 15 is 0 Å². The van der Waals surface area contributed by atoms with Crippen molar-refractivity contribution in [3.63, 3.8) is 0 Å². The molecule has 1 amide bonds. The second-order valence-corrected chi connectivity index (χ2v) is 3.99. The van der Waals surface area contributed by atoms with E-state index in [0.29, 0.717) is 16.7 Å². The minimum Gasteiger partial charge on any atom is -0.395 e. The first-order chi connectivity index (χ1) is 7.10. The van der Waals surface area contributed by atoms with Crippen molar-refractivity contribution in [3.8, 4) is 0 Å². The Labute approximate surface area is 96.8 Å². The van der Waals surface area contributed by atoms with E-state index in [2.05, 4.69) is 21.0 Å². The molecular weight excluding hydrogens is 262 g/mol. The lowest BCUT2D eigenvalue weighted by molar-refractivity contribution is 0.0759. The van der Waals surface area contributed by atoms with E-state index in [1.54, 1.807) is 17.9 Å². The molecule has 5 nitrogen and oxygen atoms in total. The second-order valence-electron chi connectivity index (χ2n) is 3.13. The summed E-state index contributed by atoms with van der Waals surface area (Å²) in [5.41, 5.74) is 0.382. The summed E-state index contributed by atoms with van der Waals surface area (Å²) in [5.74, 6) is -0.192. The van der Waals surface area contributed by atoms with Crippen LogP contribution in [0.4, 0.5) is 0 Å². The molecule has 1 aromatic rings. The lowest BCUT2D eigenvalue weighted by atomic mass is 10.4. The van der Waals surface area contributed by atoms with Gasteiger partial charge in [0.05, 0.1) is 11.1 Å². The van der Waals surface area contributed by atoms with Crippen molar-refractivity contribution in [2.75, 3.05) is 20.2 Å². The molecule has 0 radical (unpaired) electrons. The van der Waals surface area contributed by atoms with E-state index in [1.807, 2.05) is 6.92 Å². The molecule has 0 aliphatic heterocycles. The summed E-state index contributed by atoms with van der Waals surface area (Å²) < 4.78 is 2.36. The van der Waals surface area contributed by atoms with Gasteiger partial charge in [-0.2, -0.15) is 5.10 Å². The largest absolute Gasteiger partial charge is 0.395 e. The van der Waals surface area contributed by atoms with Gasteiger partial charge in [-0.1, -0.05) is 0 Å². The van der Waals surface area contributed by atoms with Crippen LogP contribution in [0.5, 0.6) is 0 Å². The number of amides is 1. The SMILES string of the molecule is CCn1cc(Br)c(C(=O)N(C)CCO)n1. The number of hydrogen-bond acceptors (Lipinski definition) is 3. The van der Waals surface area contributed by atoms with Crippen LogP contribution in [-0.4, -0.2) is 45.9 Å². The fraction of sp³-hybridized carbons (Fsp3) is 0.556. The summed E-state index contributed by atoms with van der Waals surface area (Å²) in [6.07, 6.45) is 1.76. The van der Waals surface area contributed by atoms with Crippen LogP contribution in [0.3, 0.4) is 0 Å². The van der Waals surface area contributed by atoms with Gasteiger partial charge in [0.2, 0.25) is 0 Å². The molecule has 15 heavy (non-hydrogen) atoms. The van der Waals surface area contributed by atoms with Crippen LogP contribution in [0, 0.1) is 0 Å². The number of likely N-dealkylation sites (N-methyl/N-ethyl adjacent to an activating group) is 1. The zero-order valence-electron chi connectivity index (χ0n) is 8.77. The van der Waals surface area contributed by atoms with Gasteiger partial charge in [-0.15, -0.1) is 0 Å². The molecule has 0 aromatic carbocycles. The fourth-order valence-electron chi connectivity index (χ4n) is 1.14. The normalized spacial score (nSPS) is 10.4. The van der Waals surface area contributed by atoms with Crippen molar-refractivity contribution in [2.45, 2.75) is 13.5 Å². The van der Waals surface area contributed by atoms with Crippen molar-refractivity contribution in [1.29, 1.82) is 0 Å². The third-order valence-corrected chi connectivity index (χ3v) is 2.61. The van der Waals surface area contributed by atoms with Gasteiger partial charge >= 0.3 is 0 Å². The average Bonchev–Trinajstić information content (AvgIpc) is 2.59. The molecular formula is C9H14BrN3O2. The molecule has 1 rings (SSSR count). The van der Waals surface area contributed by atoms with Crippen LogP contribution in [0.15, 0.2) is 10.7 Å². The Hall–Kier alpha value is -0.880. The van der Waals surface area contributed by atoms with Crippen molar-refractivity contribution in [2.24, 2.45) is 0 Å². The molecule has 0 saturated carbocycles. The van der Waals surface area contributed by atoms with Gasteiger partial charge in [0.25, 0.3) is 5.91 Å². The van der Waals surface area contributed by atoms with E-state index in [0.717, 1.165) is 6.54 Å². The summed E-state index contributed by atoms with van der Waals surface area (Å²) >= 11 is 3.28. The second kappa shape index (κ2) is 5.27. The maximum absolute atomic E-state index is 11.8. The van der Waals surface area contributed by atoms with Gasteiger partial charge in [0.1, 0.15) is 0 Å². The number of nitrogens with zero attached hydrogens (tertiary/aromatic N) is 3. The molecule has 0 aliphatic carbocycles. The van der Waals surface area contributed by atoms with Crippen LogP contribution in [-0.2, 0) is 6.54 Å². The summed E-state index contributed by atoms with van der Waals surface area (Å²) in [5, 5.41) is 12.9. The van der Waals surface area contributed by atoms with Gasteiger partial charge in [0.15, 0.2) is 5.69 Å². The summed E-state index contributed by atoms with van der Waals surface area (Å²) in [7, 11) is 1.63. The van der Waals surface area contributed by atoms with Crippen molar-refractivity contribution < 1.29 is 9.90 Å². The Morgan fingerprint density at radius 1 is 1.73 bits per heavy atom. The van der Waals surface area contributed by atoms with Gasteiger partial charge in [-0.3, -0.25) is 9.48 Å². The predicted octanol–water partition coefficient (Wildman–Crippen LogP) is 0.730. The molecule has 1 aromatic heterocycles. The van der Waals surface area contributed by atoms with E-state index in [9.17, 15) is 4.79 Å². The van der Waals surface area contributed by atoms with Crippen molar-refractivity contribution in [3.05, 3.63) is 16.4 Å². The molecule has 84 valence electrons. The number of aromatic nitrogens is 2. The number of carbonyl (C=O) groups is 1. The fourth-order valence-corrected chi connectivity index (χ4v) is 1.62. The number of aliphatic hydroxyl groups is 1. The lowest BCUT2D eigenvalue weighted by Gasteiger charge is -2.13. The van der Waals surface area contributed by atoms with E-state index < -0.39 is 0 Å². The standard InChI is InChI=1S/C9H14BrN3O2/c1-3-13-6-7(10)8(11-13)9(15)12(2)4-5-14/h6,14H,3-5H2,1-2H3. The van der Waals surface area contributed by atoms with Gasteiger partial charge < -0.3 is 10.0 Å². The van der Waals surface area contributed by atoms with Crippen LogP contribution < -0.4 is 0 Å². The number of rotatable bonds is 4. The first-order valence-corrected chi connectivity index (χ1v) is 5.48. The molecule has 0 atom stereocenters. The Bertz CT molecular complexity index is 351. The zero-order valence-corrected chi connectivity index (χ0v) is 10.4. The van der Waals surface area contributed by atoms with Crippen molar-refractivity contribution >= 4 is 21.8 Å².